The van der Waals surface area contributed by atoms with Crippen LogP contribution < -0.4 is 10.6 Å². The Balaban J connectivity index is 1.46. The average molecular weight is 453 g/mol. The minimum Gasteiger partial charge on any atom is -0.411 e. The molecule has 1 aromatic carbocycles. The topological polar surface area (TPSA) is 97.1 Å². The van der Waals surface area contributed by atoms with E-state index in [4.69, 9.17) is 4.42 Å². The van der Waals surface area contributed by atoms with Crippen molar-refractivity contribution < 1.29 is 14.0 Å². The molecule has 0 aliphatic heterocycles. The van der Waals surface area contributed by atoms with Gasteiger partial charge in [0.05, 0.1) is 17.9 Å². The number of benzene rings is 1. The Morgan fingerprint density at radius 1 is 1.19 bits per heavy atom. The number of urea groups is 1. The van der Waals surface area contributed by atoms with Crippen molar-refractivity contribution in [3.63, 3.8) is 0 Å². The van der Waals surface area contributed by atoms with Gasteiger partial charge in [0.15, 0.2) is 0 Å². The number of carbonyl (C=O) groups excluding carboxylic acids is 2. The van der Waals surface area contributed by atoms with E-state index in [2.05, 4.69) is 36.8 Å². The second kappa shape index (κ2) is 8.97. The minimum atomic E-state index is -0.538. The van der Waals surface area contributed by atoms with E-state index < -0.39 is 11.9 Å². The maximum atomic E-state index is 11.8. The molecule has 2 heterocycles. The highest BCUT2D eigenvalue weighted by Crippen LogP contribution is 2.28. The van der Waals surface area contributed by atoms with Crippen LogP contribution in [0.4, 0.5) is 4.79 Å². The second-order valence-electron chi connectivity index (χ2n) is 4.95. The molecule has 0 bridgehead atoms. The van der Waals surface area contributed by atoms with Crippen LogP contribution in [0.15, 0.2) is 55.9 Å². The van der Waals surface area contributed by atoms with Crippen LogP contribution in [0.3, 0.4) is 0 Å². The van der Waals surface area contributed by atoms with Gasteiger partial charge in [-0.1, -0.05) is 30.0 Å². The Labute approximate surface area is 165 Å². The van der Waals surface area contributed by atoms with Crippen molar-refractivity contribution in [1.29, 1.82) is 0 Å². The number of nitrogens with one attached hydrogen (secondary N) is 2. The predicted octanol–water partition coefficient (Wildman–Crippen LogP) is 3.68. The Morgan fingerprint density at radius 3 is 2.81 bits per heavy atom. The summed E-state index contributed by atoms with van der Waals surface area (Å²) in [6.45, 7) is 0.378. The molecular weight excluding hydrogens is 440 g/mol. The lowest BCUT2D eigenvalue weighted by Crippen LogP contribution is -2.39. The van der Waals surface area contributed by atoms with Crippen LogP contribution in [0.5, 0.6) is 0 Å². The van der Waals surface area contributed by atoms with E-state index in [1.807, 2.05) is 41.8 Å². The molecule has 0 radical (unpaired) electrons. The summed E-state index contributed by atoms with van der Waals surface area (Å²) in [5, 5.41) is 14.9. The third kappa shape index (κ3) is 5.16. The molecule has 10 heteroatoms. The number of aromatic nitrogens is 2. The maximum Gasteiger partial charge on any atom is 0.321 e. The van der Waals surface area contributed by atoms with Gasteiger partial charge in [0.25, 0.3) is 5.22 Å². The van der Waals surface area contributed by atoms with Gasteiger partial charge in [-0.2, -0.15) is 0 Å². The summed E-state index contributed by atoms with van der Waals surface area (Å²) in [7, 11) is 0. The van der Waals surface area contributed by atoms with Crippen molar-refractivity contribution >= 4 is 51.0 Å². The number of imide groups is 1. The standard InChI is InChI=1S/C16H13BrN4O3S2/c17-12-6-2-1-5-11(12)14-20-21-16(24-14)26-9-13(22)19-15(23)18-8-10-4-3-7-25-10/h1-7H,8-9H2,(H2,18,19,22,23). The Bertz CT molecular complexity index is 899. The smallest absolute Gasteiger partial charge is 0.321 e. The van der Waals surface area contributed by atoms with Crippen LogP contribution in [0.25, 0.3) is 11.5 Å². The third-order valence-electron chi connectivity index (χ3n) is 3.09. The molecule has 0 fully saturated rings. The Morgan fingerprint density at radius 2 is 2.04 bits per heavy atom. The van der Waals surface area contributed by atoms with Crippen LogP contribution in [-0.4, -0.2) is 27.9 Å². The van der Waals surface area contributed by atoms with Crippen molar-refractivity contribution in [1.82, 2.24) is 20.8 Å². The van der Waals surface area contributed by atoms with Gasteiger partial charge in [0, 0.05) is 9.35 Å². The zero-order valence-corrected chi connectivity index (χ0v) is 16.5. The SMILES string of the molecule is O=C(CSc1nnc(-c2ccccc2Br)o1)NC(=O)NCc1cccs1. The molecule has 3 rings (SSSR count). The summed E-state index contributed by atoms with van der Waals surface area (Å²) in [4.78, 5) is 24.5. The number of rotatable bonds is 6. The molecule has 0 unspecified atom stereocenters. The molecule has 7 nitrogen and oxygen atoms in total. The number of halogens is 1. The maximum absolute atomic E-state index is 11.8. The lowest BCUT2D eigenvalue weighted by molar-refractivity contribution is -0.117. The second-order valence-corrected chi connectivity index (χ2v) is 7.77. The molecular formula is C16H13BrN4O3S2. The molecule has 0 aliphatic rings. The quantitative estimate of drug-likeness (QED) is 0.553. The number of hydrogen-bond donors (Lipinski definition) is 2. The van der Waals surface area contributed by atoms with Crippen molar-refractivity contribution in [2.75, 3.05) is 5.75 Å². The van der Waals surface area contributed by atoms with Gasteiger partial charge in [-0.15, -0.1) is 21.5 Å². The first-order chi connectivity index (χ1) is 12.6. The van der Waals surface area contributed by atoms with Crippen molar-refractivity contribution in [2.45, 2.75) is 11.8 Å². The van der Waals surface area contributed by atoms with Gasteiger partial charge in [-0.05, 0) is 39.5 Å². The van der Waals surface area contributed by atoms with Gasteiger partial charge >= 0.3 is 6.03 Å². The Kier molecular flexibility index (Phi) is 6.42. The van der Waals surface area contributed by atoms with E-state index in [-0.39, 0.29) is 11.0 Å². The highest BCUT2D eigenvalue weighted by molar-refractivity contribution is 9.10. The largest absolute Gasteiger partial charge is 0.411 e. The number of hydrogen-bond acceptors (Lipinski definition) is 7. The van der Waals surface area contributed by atoms with Gasteiger partial charge in [-0.25, -0.2) is 4.79 Å². The number of carbonyl (C=O) groups is 2. The van der Waals surface area contributed by atoms with Crippen LogP contribution >= 0.6 is 39.0 Å². The molecule has 0 atom stereocenters. The van der Waals surface area contributed by atoms with Crippen molar-refractivity contribution in [3.8, 4) is 11.5 Å². The molecule has 3 amide bonds. The fourth-order valence-electron chi connectivity index (χ4n) is 1.93. The van der Waals surface area contributed by atoms with Crippen molar-refractivity contribution in [3.05, 3.63) is 51.1 Å². The van der Waals surface area contributed by atoms with E-state index in [1.54, 1.807) is 0 Å². The molecule has 3 aromatic rings. The van der Waals surface area contributed by atoms with Crippen molar-refractivity contribution in [2.24, 2.45) is 0 Å². The van der Waals surface area contributed by atoms with Crippen LogP contribution in [0, 0.1) is 0 Å². The van der Waals surface area contributed by atoms with Crippen LogP contribution in [0.1, 0.15) is 4.88 Å². The zero-order chi connectivity index (χ0) is 18.4. The van der Waals surface area contributed by atoms with Gasteiger partial charge in [-0.3, -0.25) is 10.1 Å². The highest BCUT2D eigenvalue weighted by Gasteiger charge is 2.14. The fourth-order valence-corrected chi connectivity index (χ4v) is 3.59. The normalized spacial score (nSPS) is 10.5. The minimum absolute atomic E-state index is 0.00991. The zero-order valence-electron chi connectivity index (χ0n) is 13.3. The van der Waals surface area contributed by atoms with Gasteiger partial charge in [0.2, 0.25) is 11.8 Å². The summed E-state index contributed by atoms with van der Waals surface area (Å²) in [6, 6.07) is 10.7. The lowest BCUT2D eigenvalue weighted by Gasteiger charge is -2.04. The highest BCUT2D eigenvalue weighted by atomic mass is 79.9. The third-order valence-corrected chi connectivity index (χ3v) is 5.48. The summed E-state index contributed by atoms with van der Waals surface area (Å²) in [5.41, 5.74) is 0.768. The molecule has 0 spiro atoms. The number of thioether (sulfide) groups is 1. The first-order valence-corrected chi connectivity index (χ1v) is 10.1. The lowest BCUT2D eigenvalue weighted by atomic mass is 10.2. The predicted molar refractivity (Wildman–Crippen MR) is 103 cm³/mol. The number of nitrogens with zero attached hydrogens (tertiary/aromatic N) is 2. The Hall–Kier alpha value is -2.17. The summed E-state index contributed by atoms with van der Waals surface area (Å²) in [5.74, 6) is -0.0994. The average Bonchev–Trinajstić information content (AvgIpc) is 3.30. The first-order valence-electron chi connectivity index (χ1n) is 7.43. The van der Waals surface area contributed by atoms with Crippen LogP contribution in [0.2, 0.25) is 0 Å². The molecule has 2 aromatic heterocycles. The molecule has 0 saturated heterocycles. The number of amides is 3. The van der Waals surface area contributed by atoms with Crippen LogP contribution in [-0.2, 0) is 11.3 Å². The van der Waals surface area contributed by atoms with E-state index in [0.717, 1.165) is 26.7 Å². The molecule has 0 aliphatic carbocycles. The summed E-state index contributed by atoms with van der Waals surface area (Å²) >= 11 is 6.01. The van der Waals surface area contributed by atoms with Gasteiger partial charge in [0.1, 0.15) is 0 Å². The summed E-state index contributed by atoms with van der Waals surface area (Å²) < 4.78 is 6.37. The molecule has 134 valence electrons. The number of thiophene rings is 1. The summed E-state index contributed by atoms with van der Waals surface area (Å²) in [6.07, 6.45) is 0. The fraction of sp³-hybridized carbons (Fsp3) is 0.125. The van der Waals surface area contributed by atoms with E-state index >= 15 is 0 Å². The van der Waals surface area contributed by atoms with E-state index in [0.29, 0.717) is 12.4 Å². The van der Waals surface area contributed by atoms with E-state index in [9.17, 15) is 9.59 Å². The molecule has 26 heavy (non-hydrogen) atoms. The monoisotopic (exact) mass is 452 g/mol. The molecule has 2 N–H and O–H groups in total. The molecule has 0 saturated carbocycles. The van der Waals surface area contributed by atoms with E-state index in [1.165, 1.54) is 11.3 Å². The van der Waals surface area contributed by atoms with Gasteiger partial charge < -0.3 is 9.73 Å². The first kappa shape index (κ1) is 18.6.